The van der Waals surface area contributed by atoms with Gasteiger partial charge in [0.2, 0.25) is 0 Å². The third-order valence-electron chi connectivity index (χ3n) is 5.94. The summed E-state index contributed by atoms with van der Waals surface area (Å²) in [4.78, 5) is 21.7. The summed E-state index contributed by atoms with van der Waals surface area (Å²) >= 11 is 0. The quantitative estimate of drug-likeness (QED) is 0.136. The Balaban J connectivity index is 1.39. The number of alkyl halides is 3. The average molecular weight is 556 g/mol. The van der Waals surface area contributed by atoms with Crippen LogP contribution in [-0.4, -0.2) is 60.9 Å². The van der Waals surface area contributed by atoms with Crippen LogP contribution in [0.2, 0.25) is 0 Å². The molecule has 0 aliphatic heterocycles. The number of halogens is 3. The Labute approximate surface area is 228 Å². The van der Waals surface area contributed by atoms with Crippen molar-refractivity contribution in [3.63, 3.8) is 0 Å². The fraction of sp³-hybridized carbons (Fsp3) is 0.276. The van der Waals surface area contributed by atoms with Gasteiger partial charge in [-0.3, -0.25) is 0 Å². The molecule has 0 saturated heterocycles. The lowest BCUT2D eigenvalue weighted by Crippen LogP contribution is -2.32. The van der Waals surface area contributed by atoms with Crippen molar-refractivity contribution in [2.24, 2.45) is 5.16 Å². The van der Waals surface area contributed by atoms with Crippen molar-refractivity contribution in [3.8, 4) is 5.75 Å². The molecule has 0 fully saturated rings. The fourth-order valence-corrected chi connectivity index (χ4v) is 4.04. The van der Waals surface area contributed by atoms with Gasteiger partial charge in [-0.15, -0.1) is 0 Å². The standard InChI is InChI=1S/C29H28F3N3O5/c1-37-28(36)25(40-19-29(30,31)32)18-20-8-11-23(12-9-20)39-17-16-35-15-14-22-10-13-24(33-27(22)35)26(34-38-2)21-6-4-3-5-7-21/h3-15,25H,16-19H2,1-2H3. The van der Waals surface area contributed by atoms with Gasteiger partial charge < -0.3 is 23.6 Å². The first-order valence-electron chi connectivity index (χ1n) is 12.4. The molecule has 210 valence electrons. The number of hydrogen-bond donors (Lipinski definition) is 0. The van der Waals surface area contributed by atoms with Gasteiger partial charge in [-0.1, -0.05) is 47.6 Å². The smallest absolute Gasteiger partial charge is 0.411 e. The van der Waals surface area contributed by atoms with Crippen molar-refractivity contribution >= 4 is 22.7 Å². The number of nitrogens with zero attached hydrogens (tertiary/aromatic N) is 3. The molecule has 0 spiro atoms. The molecular weight excluding hydrogens is 527 g/mol. The maximum Gasteiger partial charge on any atom is 0.411 e. The number of methoxy groups -OCH3 is 1. The van der Waals surface area contributed by atoms with Crippen LogP contribution >= 0.6 is 0 Å². The van der Waals surface area contributed by atoms with E-state index in [0.29, 0.717) is 35.9 Å². The molecule has 2 heterocycles. The lowest BCUT2D eigenvalue weighted by atomic mass is 10.1. The van der Waals surface area contributed by atoms with Crippen LogP contribution < -0.4 is 4.74 Å². The molecule has 0 saturated carbocycles. The molecule has 0 amide bonds. The van der Waals surface area contributed by atoms with Crippen LogP contribution in [0.3, 0.4) is 0 Å². The highest BCUT2D eigenvalue weighted by Crippen LogP contribution is 2.20. The number of benzene rings is 2. The Morgan fingerprint density at radius 1 is 1.00 bits per heavy atom. The lowest BCUT2D eigenvalue weighted by Gasteiger charge is -2.17. The van der Waals surface area contributed by atoms with Gasteiger partial charge in [-0.2, -0.15) is 13.2 Å². The molecule has 4 rings (SSSR count). The van der Waals surface area contributed by atoms with Crippen molar-refractivity contribution in [1.82, 2.24) is 9.55 Å². The zero-order valence-electron chi connectivity index (χ0n) is 21.9. The molecule has 4 aromatic rings. The van der Waals surface area contributed by atoms with E-state index in [9.17, 15) is 18.0 Å². The predicted octanol–water partition coefficient (Wildman–Crippen LogP) is 5.18. The molecule has 0 radical (unpaired) electrons. The Morgan fingerprint density at radius 2 is 1.75 bits per heavy atom. The first-order chi connectivity index (χ1) is 19.3. The van der Waals surface area contributed by atoms with Crippen molar-refractivity contribution in [2.45, 2.75) is 25.2 Å². The van der Waals surface area contributed by atoms with Crippen LogP contribution in [-0.2, 0) is 32.1 Å². The van der Waals surface area contributed by atoms with Crippen molar-refractivity contribution in [1.29, 1.82) is 0 Å². The van der Waals surface area contributed by atoms with Crippen molar-refractivity contribution in [2.75, 3.05) is 27.4 Å². The maximum atomic E-state index is 12.5. The number of hydrogen-bond acceptors (Lipinski definition) is 7. The third kappa shape index (κ3) is 7.60. The van der Waals surface area contributed by atoms with E-state index >= 15 is 0 Å². The highest BCUT2D eigenvalue weighted by molar-refractivity contribution is 6.12. The number of aromatic nitrogens is 2. The molecule has 2 aromatic heterocycles. The predicted molar refractivity (Wildman–Crippen MR) is 142 cm³/mol. The number of fused-ring (bicyclic) bond motifs is 1. The van der Waals surface area contributed by atoms with E-state index in [1.165, 1.54) is 7.11 Å². The molecule has 11 heteroatoms. The van der Waals surface area contributed by atoms with E-state index in [4.69, 9.17) is 19.3 Å². The summed E-state index contributed by atoms with van der Waals surface area (Å²) < 4.78 is 54.7. The van der Waals surface area contributed by atoms with Crippen LogP contribution in [0, 0.1) is 0 Å². The molecule has 8 nitrogen and oxygen atoms in total. The van der Waals surface area contributed by atoms with Gasteiger partial charge in [0.25, 0.3) is 0 Å². The topological polar surface area (TPSA) is 84.2 Å². The van der Waals surface area contributed by atoms with E-state index in [-0.39, 0.29) is 6.42 Å². The van der Waals surface area contributed by atoms with Crippen LogP contribution in [0.15, 0.2) is 84.1 Å². The number of carbonyl (C=O) groups is 1. The summed E-state index contributed by atoms with van der Waals surface area (Å²) in [6.07, 6.45) is -4.05. The molecule has 0 N–H and O–H groups in total. The SMILES string of the molecule is CON=C(c1ccccc1)c1ccc2ccn(CCOc3ccc(CC(OCC(F)(F)F)C(=O)OC)cc3)c2n1. The van der Waals surface area contributed by atoms with Crippen LogP contribution in [0.4, 0.5) is 13.2 Å². The van der Waals surface area contributed by atoms with Gasteiger partial charge in [0.1, 0.15) is 37.4 Å². The Hall–Kier alpha value is -4.38. The van der Waals surface area contributed by atoms with Crippen LogP contribution in [0.1, 0.15) is 16.8 Å². The minimum atomic E-state index is -4.55. The minimum Gasteiger partial charge on any atom is -0.492 e. The molecule has 40 heavy (non-hydrogen) atoms. The fourth-order valence-electron chi connectivity index (χ4n) is 4.04. The van der Waals surface area contributed by atoms with E-state index < -0.39 is 24.9 Å². The molecule has 0 aliphatic rings. The highest BCUT2D eigenvalue weighted by atomic mass is 19.4. The summed E-state index contributed by atoms with van der Waals surface area (Å²) in [7, 11) is 2.59. The summed E-state index contributed by atoms with van der Waals surface area (Å²) in [5.41, 5.74) is 3.54. The second-order valence-electron chi connectivity index (χ2n) is 8.74. The Bertz CT molecular complexity index is 1440. The van der Waals surface area contributed by atoms with Crippen molar-refractivity contribution in [3.05, 3.63) is 95.8 Å². The lowest BCUT2D eigenvalue weighted by molar-refractivity contribution is -0.193. The highest BCUT2D eigenvalue weighted by Gasteiger charge is 2.32. The van der Waals surface area contributed by atoms with E-state index in [0.717, 1.165) is 23.7 Å². The maximum absolute atomic E-state index is 12.5. The number of carbonyl (C=O) groups excluding carboxylic acids is 1. The normalized spacial score (nSPS) is 12.8. The number of pyridine rings is 1. The molecule has 0 bridgehead atoms. The van der Waals surface area contributed by atoms with Gasteiger partial charge in [0.05, 0.1) is 19.3 Å². The Morgan fingerprint density at radius 3 is 2.42 bits per heavy atom. The van der Waals surface area contributed by atoms with E-state index in [2.05, 4.69) is 9.89 Å². The van der Waals surface area contributed by atoms with Crippen LogP contribution in [0.25, 0.3) is 11.0 Å². The van der Waals surface area contributed by atoms with Gasteiger partial charge in [0.15, 0.2) is 6.10 Å². The molecule has 0 aliphatic carbocycles. The zero-order valence-corrected chi connectivity index (χ0v) is 21.9. The van der Waals surface area contributed by atoms with Gasteiger partial charge in [-0.25, -0.2) is 9.78 Å². The third-order valence-corrected chi connectivity index (χ3v) is 5.94. The summed E-state index contributed by atoms with van der Waals surface area (Å²) in [6, 6.07) is 22.2. The summed E-state index contributed by atoms with van der Waals surface area (Å²) in [5.74, 6) is -0.303. The van der Waals surface area contributed by atoms with E-state index in [1.54, 1.807) is 24.3 Å². The van der Waals surface area contributed by atoms with Gasteiger partial charge in [-0.05, 0) is 35.9 Å². The van der Waals surface area contributed by atoms with Gasteiger partial charge >= 0.3 is 12.1 Å². The van der Waals surface area contributed by atoms with Gasteiger partial charge in [0, 0.05) is 23.6 Å². The van der Waals surface area contributed by atoms with Crippen LogP contribution in [0.5, 0.6) is 5.75 Å². The average Bonchev–Trinajstić information content (AvgIpc) is 3.36. The second-order valence-corrected chi connectivity index (χ2v) is 8.74. The number of esters is 1. The number of oxime groups is 1. The molecule has 1 unspecified atom stereocenters. The first-order valence-corrected chi connectivity index (χ1v) is 12.4. The monoisotopic (exact) mass is 555 g/mol. The largest absolute Gasteiger partial charge is 0.492 e. The zero-order chi connectivity index (χ0) is 28.5. The number of ether oxygens (including phenoxy) is 3. The summed E-state index contributed by atoms with van der Waals surface area (Å²) in [5, 5.41) is 5.15. The molecular formula is C29H28F3N3O5. The minimum absolute atomic E-state index is 0.0657. The Kier molecular flexibility index (Phi) is 9.39. The van der Waals surface area contributed by atoms with Crippen molar-refractivity contribution < 1.29 is 37.0 Å². The summed E-state index contributed by atoms with van der Waals surface area (Å²) in [6.45, 7) is -0.684. The first kappa shape index (κ1) is 28.6. The molecule has 1 atom stereocenters. The second kappa shape index (κ2) is 13.1. The number of rotatable bonds is 12. The van der Waals surface area contributed by atoms with E-state index in [1.807, 2.05) is 59.3 Å². The molecule has 2 aromatic carbocycles.